The lowest BCUT2D eigenvalue weighted by Crippen LogP contribution is -2.39. The van der Waals surface area contributed by atoms with Crippen LogP contribution < -0.4 is 10.6 Å². The van der Waals surface area contributed by atoms with Crippen molar-refractivity contribution in [3.05, 3.63) is 65.2 Å². The number of nitrogens with one attached hydrogen (secondary N) is 2. The number of amides is 2. The van der Waals surface area contributed by atoms with Crippen molar-refractivity contribution >= 4 is 23.3 Å². The summed E-state index contributed by atoms with van der Waals surface area (Å²) in [6, 6.07) is 14.6. The van der Waals surface area contributed by atoms with Gasteiger partial charge in [-0.05, 0) is 56.5 Å². The highest BCUT2D eigenvalue weighted by molar-refractivity contribution is 6.13. The van der Waals surface area contributed by atoms with Gasteiger partial charge in [0.15, 0.2) is 5.78 Å². The Kier molecular flexibility index (Phi) is 4.89. The summed E-state index contributed by atoms with van der Waals surface area (Å²) in [6.45, 7) is 3.90. The van der Waals surface area contributed by atoms with Gasteiger partial charge in [0.1, 0.15) is 5.41 Å². The number of Topliss-reactive ketones (excluding diaryl/α,β-unsaturated/α-hetero) is 1. The van der Waals surface area contributed by atoms with Crippen LogP contribution in [0.1, 0.15) is 41.3 Å². The standard InChI is InChI=1S/C21H22N2O3/c1-14-4-3-5-16(12-14)13-22-19(25)21(10-11-21)20(26)23-18-8-6-17(7-9-18)15(2)24/h3-9,12H,10-11,13H2,1-2H3,(H,22,25)(H,23,26). The number of anilines is 1. The molecular formula is C21H22N2O3. The lowest BCUT2D eigenvalue weighted by atomic mass is 10.0. The molecule has 1 fully saturated rings. The minimum atomic E-state index is -0.983. The van der Waals surface area contributed by atoms with Gasteiger partial charge in [-0.3, -0.25) is 14.4 Å². The molecule has 2 aromatic carbocycles. The van der Waals surface area contributed by atoms with Crippen LogP contribution in [-0.2, 0) is 16.1 Å². The Bertz CT molecular complexity index is 852. The van der Waals surface area contributed by atoms with Crippen LogP contribution in [0.4, 0.5) is 5.69 Å². The average Bonchev–Trinajstić information content (AvgIpc) is 3.42. The van der Waals surface area contributed by atoms with Crippen LogP contribution in [0.15, 0.2) is 48.5 Å². The molecule has 2 N–H and O–H groups in total. The fourth-order valence-electron chi connectivity index (χ4n) is 2.89. The number of benzene rings is 2. The van der Waals surface area contributed by atoms with Crippen LogP contribution in [0.3, 0.4) is 0 Å². The van der Waals surface area contributed by atoms with E-state index < -0.39 is 5.41 Å². The Morgan fingerprint density at radius 3 is 2.27 bits per heavy atom. The predicted molar refractivity (Wildman–Crippen MR) is 99.8 cm³/mol. The number of aryl methyl sites for hydroxylation is 1. The van der Waals surface area contributed by atoms with Crippen LogP contribution in [-0.4, -0.2) is 17.6 Å². The molecule has 5 nitrogen and oxygen atoms in total. The first-order chi connectivity index (χ1) is 12.4. The van der Waals surface area contributed by atoms with Crippen molar-refractivity contribution in [2.75, 3.05) is 5.32 Å². The number of carbonyl (C=O) groups is 3. The summed E-state index contributed by atoms with van der Waals surface area (Å²) in [5.41, 5.74) is 2.32. The summed E-state index contributed by atoms with van der Waals surface area (Å²) in [6.07, 6.45) is 1.09. The van der Waals surface area contributed by atoms with Gasteiger partial charge < -0.3 is 10.6 Å². The van der Waals surface area contributed by atoms with Crippen molar-refractivity contribution < 1.29 is 14.4 Å². The van der Waals surface area contributed by atoms with Crippen molar-refractivity contribution in [2.45, 2.75) is 33.2 Å². The maximum atomic E-state index is 12.6. The summed E-state index contributed by atoms with van der Waals surface area (Å²) in [4.78, 5) is 36.4. The molecule has 2 aromatic rings. The molecule has 26 heavy (non-hydrogen) atoms. The molecule has 5 heteroatoms. The summed E-state index contributed by atoms with van der Waals surface area (Å²) < 4.78 is 0. The summed E-state index contributed by atoms with van der Waals surface area (Å²) in [7, 11) is 0. The highest BCUT2D eigenvalue weighted by atomic mass is 16.2. The Balaban J connectivity index is 1.61. The normalized spacial score (nSPS) is 14.4. The number of hydrogen-bond donors (Lipinski definition) is 2. The van der Waals surface area contributed by atoms with Crippen LogP contribution >= 0.6 is 0 Å². The smallest absolute Gasteiger partial charge is 0.240 e. The van der Waals surface area contributed by atoms with Crippen molar-refractivity contribution in [3.8, 4) is 0 Å². The van der Waals surface area contributed by atoms with Gasteiger partial charge in [-0.15, -0.1) is 0 Å². The van der Waals surface area contributed by atoms with E-state index in [2.05, 4.69) is 10.6 Å². The molecule has 0 aromatic heterocycles. The second kappa shape index (κ2) is 7.12. The van der Waals surface area contributed by atoms with Crippen molar-refractivity contribution in [3.63, 3.8) is 0 Å². The Hall–Kier alpha value is -2.95. The third-order valence-electron chi connectivity index (χ3n) is 4.70. The minimum absolute atomic E-state index is 0.0305. The van der Waals surface area contributed by atoms with Gasteiger partial charge in [0.2, 0.25) is 11.8 Å². The molecule has 0 aliphatic heterocycles. The van der Waals surface area contributed by atoms with Gasteiger partial charge in [-0.25, -0.2) is 0 Å². The van der Waals surface area contributed by atoms with Crippen LogP contribution in [0.5, 0.6) is 0 Å². The molecule has 1 aliphatic carbocycles. The Morgan fingerprint density at radius 2 is 1.69 bits per heavy atom. The number of rotatable bonds is 6. The van der Waals surface area contributed by atoms with Crippen LogP contribution in [0, 0.1) is 12.3 Å². The van der Waals surface area contributed by atoms with Gasteiger partial charge in [0.25, 0.3) is 0 Å². The molecule has 0 atom stereocenters. The van der Waals surface area contributed by atoms with E-state index in [-0.39, 0.29) is 17.6 Å². The number of carbonyl (C=O) groups excluding carboxylic acids is 3. The zero-order chi connectivity index (χ0) is 18.7. The van der Waals surface area contributed by atoms with E-state index in [9.17, 15) is 14.4 Å². The molecule has 0 spiro atoms. The van der Waals surface area contributed by atoms with Crippen LogP contribution in [0.25, 0.3) is 0 Å². The first-order valence-electron chi connectivity index (χ1n) is 8.67. The topological polar surface area (TPSA) is 75.3 Å². The lowest BCUT2D eigenvalue weighted by Gasteiger charge is -2.16. The van der Waals surface area contributed by atoms with Gasteiger partial charge in [0, 0.05) is 17.8 Å². The molecule has 0 unspecified atom stereocenters. The van der Waals surface area contributed by atoms with Gasteiger partial charge in [0.05, 0.1) is 0 Å². The van der Waals surface area contributed by atoms with Crippen molar-refractivity contribution in [2.24, 2.45) is 5.41 Å². The van der Waals surface area contributed by atoms with E-state index >= 15 is 0 Å². The Labute approximate surface area is 152 Å². The maximum absolute atomic E-state index is 12.6. The van der Waals surface area contributed by atoms with E-state index in [0.29, 0.717) is 30.6 Å². The molecular weight excluding hydrogens is 328 g/mol. The van der Waals surface area contributed by atoms with Crippen LogP contribution in [0.2, 0.25) is 0 Å². The largest absolute Gasteiger partial charge is 0.351 e. The Morgan fingerprint density at radius 1 is 1.00 bits per heavy atom. The molecule has 1 saturated carbocycles. The van der Waals surface area contributed by atoms with E-state index in [4.69, 9.17) is 0 Å². The third kappa shape index (κ3) is 3.82. The molecule has 0 heterocycles. The fourth-order valence-corrected chi connectivity index (χ4v) is 2.89. The minimum Gasteiger partial charge on any atom is -0.351 e. The summed E-state index contributed by atoms with van der Waals surface area (Å²) in [5.74, 6) is -0.566. The first-order valence-corrected chi connectivity index (χ1v) is 8.67. The van der Waals surface area contributed by atoms with Crippen molar-refractivity contribution in [1.82, 2.24) is 5.32 Å². The highest BCUT2D eigenvalue weighted by Crippen LogP contribution is 2.46. The second-order valence-electron chi connectivity index (χ2n) is 6.84. The number of ketones is 1. The SMILES string of the molecule is CC(=O)c1ccc(NC(=O)C2(C(=O)NCc3cccc(C)c3)CC2)cc1. The van der Waals surface area contributed by atoms with E-state index in [1.54, 1.807) is 24.3 Å². The van der Waals surface area contributed by atoms with Gasteiger partial charge >= 0.3 is 0 Å². The molecule has 134 valence electrons. The summed E-state index contributed by atoms with van der Waals surface area (Å²) >= 11 is 0. The molecule has 3 rings (SSSR count). The molecule has 1 aliphatic rings. The molecule has 2 amide bonds. The van der Waals surface area contributed by atoms with Crippen molar-refractivity contribution in [1.29, 1.82) is 0 Å². The second-order valence-corrected chi connectivity index (χ2v) is 6.84. The fraction of sp³-hybridized carbons (Fsp3) is 0.286. The average molecular weight is 350 g/mol. The molecule has 0 bridgehead atoms. The molecule has 0 saturated heterocycles. The lowest BCUT2D eigenvalue weighted by molar-refractivity contribution is -0.134. The van der Waals surface area contributed by atoms with E-state index in [1.807, 2.05) is 31.2 Å². The zero-order valence-electron chi connectivity index (χ0n) is 15.0. The quantitative estimate of drug-likeness (QED) is 0.620. The molecule has 0 radical (unpaired) electrons. The first kappa shape index (κ1) is 17.9. The van der Waals surface area contributed by atoms with Gasteiger partial charge in [-0.1, -0.05) is 29.8 Å². The zero-order valence-corrected chi connectivity index (χ0v) is 15.0. The highest BCUT2D eigenvalue weighted by Gasteiger charge is 2.56. The van der Waals surface area contributed by atoms with E-state index in [1.165, 1.54) is 6.92 Å². The summed E-state index contributed by atoms with van der Waals surface area (Å²) in [5, 5.41) is 5.66. The predicted octanol–water partition coefficient (Wildman–Crippen LogP) is 3.23. The number of hydrogen-bond acceptors (Lipinski definition) is 3. The van der Waals surface area contributed by atoms with Gasteiger partial charge in [-0.2, -0.15) is 0 Å². The maximum Gasteiger partial charge on any atom is 0.240 e. The third-order valence-corrected chi connectivity index (χ3v) is 4.70. The van der Waals surface area contributed by atoms with E-state index in [0.717, 1.165) is 11.1 Å². The monoisotopic (exact) mass is 350 g/mol.